The van der Waals surface area contributed by atoms with Gasteiger partial charge in [-0.05, 0) is 17.7 Å². The molecule has 1 aromatic carbocycles. The Morgan fingerprint density at radius 2 is 2.25 bits per heavy atom. The largest absolute Gasteiger partial charge is 0.776 e. The molecular weight excluding hydrogens is 337 g/mol. The van der Waals surface area contributed by atoms with Crippen molar-refractivity contribution in [2.75, 3.05) is 12.1 Å². The fourth-order valence-electron chi connectivity index (χ4n) is 2.17. The molecule has 0 aliphatic carbocycles. The minimum absolute atomic E-state index is 0.0134. The second kappa shape index (κ2) is 6.08. The van der Waals surface area contributed by atoms with E-state index in [0.29, 0.717) is 12.2 Å². The summed E-state index contributed by atoms with van der Waals surface area (Å²) in [5.74, 6) is 0.271. The van der Waals surface area contributed by atoms with Gasteiger partial charge in [-0.15, -0.1) is 0 Å². The average molecular weight is 350 g/mol. The molecule has 2 aromatic heterocycles. The number of rotatable bonds is 5. The van der Waals surface area contributed by atoms with E-state index in [1.54, 1.807) is 28.8 Å². The number of anilines is 1. The topological polar surface area (TPSA) is 159 Å². The molecule has 1 unspecified atom stereocenters. The minimum atomic E-state index is -4.50. The molecule has 0 fully saturated rings. The van der Waals surface area contributed by atoms with Gasteiger partial charge in [0.15, 0.2) is 25.1 Å². The first kappa shape index (κ1) is 16.2. The molecular formula is C13H13N5O5P-. The molecule has 10 nitrogen and oxygen atoms in total. The summed E-state index contributed by atoms with van der Waals surface area (Å²) in [5, 5.41) is 0. The predicted molar refractivity (Wildman–Crippen MR) is 83.4 cm³/mol. The highest BCUT2D eigenvalue weighted by Gasteiger charge is 2.10. The normalized spacial score (nSPS) is 13.8. The Bertz CT molecular complexity index is 992. The quantitative estimate of drug-likeness (QED) is 0.526. The summed E-state index contributed by atoms with van der Waals surface area (Å²) in [5.41, 5.74) is 6.38. The summed E-state index contributed by atoms with van der Waals surface area (Å²) in [6, 6.07) is 6.63. The Kier molecular flexibility index (Phi) is 4.10. The number of ether oxygens (including phenoxy) is 1. The number of nitrogen functional groups attached to an aromatic ring is 1. The van der Waals surface area contributed by atoms with Gasteiger partial charge in [0.05, 0.1) is 12.9 Å². The number of hydrogen-bond acceptors (Lipinski definition) is 7. The molecule has 3 rings (SSSR count). The van der Waals surface area contributed by atoms with Gasteiger partial charge in [-0.1, -0.05) is 12.1 Å². The first-order valence-corrected chi connectivity index (χ1v) is 8.53. The molecule has 0 aliphatic rings. The van der Waals surface area contributed by atoms with Crippen molar-refractivity contribution in [2.24, 2.45) is 0 Å². The number of aromatic amines is 1. The maximum absolute atomic E-state index is 11.7. The molecule has 24 heavy (non-hydrogen) atoms. The van der Waals surface area contributed by atoms with E-state index in [2.05, 4.69) is 15.0 Å². The number of nitrogens with two attached hydrogens (primary N) is 1. The van der Waals surface area contributed by atoms with Crippen LogP contribution in [0.5, 0.6) is 5.75 Å². The highest BCUT2D eigenvalue weighted by Crippen LogP contribution is 2.29. The molecule has 1 atom stereocenters. The fourth-order valence-corrected chi connectivity index (χ4v) is 2.49. The number of H-pyrrole nitrogens is 1. The summed E-state index contributed by atoms with van der Waals surface area (Å²) in [6.07, 6.45) is 0.650. The van der Waals surface area contributed by atoms with E-state index in [1.165, 1.54) is 6.33 Å². The number of benzene rings is 1. The van der Waals surface area contributed by atoms with Crippen LogP contribution in [0.15, 0.2) is 35.4 Å². The number of aromatic nitrogens is 4. The monoisotopic (exact) mass is 350 g/mol. The van der Waals surface area contributed by atoms with E-state index in [4.69, 9.17) is 15.4 Å². The highest BCUT2D eigenvalue weighted by atomic mass is 31.2. The third-order valence-corrected chi connectivity index (χ3v) is 3.59. The van der Waals surface area contributed by atoms with Crippen molar-refractivity contribution < 1.29 is 19.1 Å². The maximum atomic E-state index is 11.7. The summed E-state index contributed by atoms with van der Waals surface area (Å²) in [7, 11) is -4.50. The van der Waals surface area contributed by atoms with Crippen LogP contribution in [0.2, 0.25) is 0 Å². The van der Waals surface area contributed by atoms with E-state index in [0.717, 1.165) is 5.56 Å². The van der Waals surface area contributed by atoms with Crippen molar-refractivity contribution in [3.05, 3.63) is 46.5 Å². The van der Waals surface area contributed by atoms with Gasteiger partial charge in [0.25, 0.3) is 5.56 Å². The average Bonchev–Trinajstić information content (AvgIpc) is 2.88. The first-order valence-electron chi connectivity index (χ1n) is 6.77. The summed E-state index contributed by atoms with van der Waals surface area (Å²) in [6.45, 7) is 0.317. The van der Waals surface area contributed by atoms with Gasteiger partial charge in [0.2, 0.25) is 5.95 Å². The molecule has 0 amide bonds. The SMILES string of the molecule is Nc1nc2c(ncn2Cc2cccc(OCP(=O)([O-])O)c2)c(=O)[nH]1. The molecule has 3 aromatic rings. The lowest BCUT2D eigenvalue weighted by Crippen LogP contribution is -2.12. The lowest BCUT2D eigenvalue weighted by Gasteiger charge is -2.16. The summed E-state index contributed by atoms with van der Waals surface area (Å²) < 4.78 is 17.4. The molecule has 11 heteroatoms. The van der Waals surface area contributed by atoms with Crippen molar-refractivity contribution in [3.63, 3.8) is 0 Å². The third-order valence-electron chi connectivity index (χ3n) is 3.14. The van der Waals surface area contributed by atoms with E-state index in [-0.39, 0.29) is 17.2 Å². The van der Waals surface area contributed by atoms with E-state index >= 15 is 0 Å². The Balaban J connectivity index is 1.87. The maximum Gasteiger partial charge on any atom is 0.280 e. The number of fused-ring (bicyclic) bond motifs is 1. The zero-order valence-corrected chi connectivity index (χ0v) is 13.1. The highest BCUT2D eigenvalue weighted by molar-refractivity contribution is 7.50. The van der Waals surface area contributed by atoms with Crippen molar-refractivity contribution >= 4 is 24.7 Å². The van der Waals surface area contributed by atoms with Crippen LogP contribution < -0.4 is 20.9 Å². The van der Waals surface area contributed by atoms with Gasteiger partial charge in [-0.2, -0.15) is 4.98 Å². The zero-order chi connectivity index (χ0) is 17.3. The minimum Gasteiger partial charge on any atom is -0.776 e. The third kappa shape index (κ3) is 3.62. The van der Waals surface area contributed by atoms with Crippen molar-refractivity contribution in [1.29, 1.82) is 0 Å². The van der Waals surface area contributed by atoms with Crippen molar-refractivity contribution in [1.82, 2.24) is 19.5 Å². The summed E-state index contributed by atoms with van der Waals surface area (Å²) in [4.78, 5) is 41.7. The molecule has 0 saturated heterocycles. The number of hydrogen-bond donors (Lipinski definition) is 3. The van der Waals surface area contributed by atoms with Crippen LogP contribution in [0.1, 0.15) is 5.56 Å². The zero-order valence-electron chi connectivity index (χ0n) is 12.2. The van der Waals surface area contributed by atoms with E-state index < -0.39 is 19.5 Å². The molecule has 0 aliphatic heterocycles. The molecule has 0 bridgehead atoms. The fraction of sp³-hybridized carbons (Fsp3) is 0.154. The van der Waals surface area contributed by atoms with Gasteiger partial charge >= 0.3 is 0 Å². The van der Waals surface area contributed by atoms with Crippen LogP contribution in [-0.2, 0) is 11.1 Å². The molecule has 0 spiro atoms. The van der Waals surface area contributed by atoms with Crippen LogP contribution >= 0.6 is 7.60 Å². The van der Waals surface area contributed by atoms with Gasteiger partial charge in [-0.25, -0.2) is 4.98 Å². The lowest BCUT2D eigenvalue weighted by atomic mass is 10.2. The summed E-state index contributed by atoms with van der Waals surface area (Å²) >= 11 is 0. The molecule has 0 saturated carbocycles. The van der Waals surface area contributed by atoms with Crippen LogP contribution in [0.25, 0.3) is 11.2 Å². The van der Waals surface area contributed by atoms with Crippen molar-refractivity contribution in [3.8, 4) is 5.75 Å². The Labute approximate surface area is 135 Å². The van der Waals surface area contributed by atoms with Crippen LogP contribution in [0.3, 0.4) is 0 Å². The lowest BCUT2D eigenvalue weighted by molar-refractivity contribution is -0.196. The number of nitrogens with one attached hydrogen (secondary N) is 1. The smallest absolute Gasteiger partial charge is 0.280 e. The van der Waals surface area contributed by atoms with Gasteiger partial charge in [0, 0.05) is 0 Å². The van der Waals surface area contributed by atoms with Crippen LogP contribution in [0, 0.1) is 0 Å². The molecule has 2 heterocycles. The second-order valence-corrected chi connectivity index (χ2v) is 6.59. The Hall–Kier alpha value is -2.68. The molecule has 4 N–H and O–H groups in total. The van der Waals surface area contributed by atoms with Crippen LogP contribution in [0.4, 0.5) is 5.95 Å². The van der Waals surface area contributed by atoms with Crippen molar-refractivity contribution in [2.45, 2.75) is 6.54 Å². The Morgan fingerprint density at radius 1 is 1.46 bits per heavy atom. The van der Waals surface area contributed by atoms with Gasteiger partial charge in [-0.3, -0.25) is 9.78 Å². The standard InChI is InChI=1S/C13H14N5O5P/c14-13-16-11-10(12(19)17-13)15-6-18(11)5-8-2-1-3-9(4-8)23-7-24(20,21)22/h1-4,6H,5,7H2,(H2,20,21,22)(H3,14,16,17,19)/p-1. The van der Waals surface area contributed by atoms with Gasteiger partial charge < -0.3 is 29.4 Å². The second-order valence-electron chi connectivity index (χ2n) is 5.05. The van der Waals surface area contributed by atoms with E-state index in [9.17, 15) is 14.3 Å². The first-order chi connectivity index (χ1) is 11.3. The Morgan fingerprint density at radius 3 is 3.00 bits per heavy atom. The number of nitrogens with zero attached hydrogens (tertiary/aromatic N) is 3. The van der Waals surface area contributed by atoms with Gasteiger partial charge in [0.1, 0.15) is 5.75 Å². The molecule has 0 radical (unpaired) electrons. The van der Waals surface area contributed by atoms with Crippen LogP contribution in [-0.4, -0.2) is 30.8 Å². The van der Waals surface area contributed by atoms with E-state index in [1.807, 2.05) is 0 Å². The molecule has 126 valence electrons. The number of imidazole rings is 1. The predicted octanol–water partition coefficient (Wildman–Crippen LogP) is -0.368.